The number of hydrogen-bond donors (Lipinski definition) is 1. The molecule has 26 heavy (non-hydrogen) atoms. The number of nitrogens with two attached hydrogens (primary N) is 1. The summed E-state index contributed by atoms with van der Waals surface area (Å²) in [5, 5.41) is 0.329. The molecule has 5 heteroatoms. The van der Waals surface area contributed by atoms with Crippen LogP contribution in [0.4, 0.5) is 0 Å². The van der Waals surface area contributed by atoms with E-state index in [0.29, 0.717) is 34.8 Å². The summed E-state index contributed by atoms with van der Waals surface area (Å²) in [5.74, 6) is -0.741. The number of halogens is 1. The summed E-state index contributed by atoms with van der Waals surface area (Å²) in [5.41, 5.74) is 7.37. The van der Waals surface area contributed by atoms with E-state index in [2.05, 4.69) is 0 Å². The van der Waals surface area contributed by atoms with Crippen molar-refractivity contribution in [1.29, 1.82) is 0 Å². The molecule has 1 heterocycles. The van der Waals surface area contributed by atoms with E-state index in [1.54, 1.807) is 24.3 Å². The van der Waals surface area contributed by atoms with Gasteiger partial charge in [0.05, 0.1) is 10.6 Å². The van der Waals surface area contributed by atoms with Crippen molar-refractivity contribution in [3.63, 3.8) is 0 Å². The van der Waals surface area contributed by atoms with Gasteiger partial charge in [-0.05, 0) is 30.9 Å². The highest BCUT2D eigenvalue weighted by molar-refractivity contribution is 6.57. The number of carbonyl (C=O) groups is 2. The van der Waals surface area contributed by atoms with Crippen LogP contribution in [0.3, 0.4) is 0 Å². The number of rotatable bonds is 4. The average Bonchev–Trinajstić information content (AvgIpc) is 2.69. The molecule has 0 bridgehead atoms. The van der Waals surface area contributed by atoms with E-state index in [0.717, 1.165) is 24.8 Å². The SMILES string of the molecule is NC(=O)c1ccccc1C(C(=O)N1CCCCC1)=C(Cl)c1ccccc1. The molecule has 2 aromatic rings. The zero-order chi connectivity index (χ0) is 18.5. The Bertz CT molecular complexity index is 840. The number of nitrogens with zero attached hydrogens (tertiary/aromatic N) is 1. The molecule has 0 saturated carbocycles. The van der Waals surface area contributed by atoms with E-state index in [9.17, 15) is 9.59 Å². The van der Waals surface area contributed by atoms with Gasteiger partial charge in [-0.1, -0.05) is 60.1 Å². The number of carbonyl (C=O) groups excluding carboxylic acids is 2. The summed E-state index contributed by atoms with van der Waals surface area (Å²) in [6.07, 6.45) is 3.06. The zero-order valence-electron chi connectivity index (χ0n) is 14.5. The Labute approximate surface area is 158 Å². The Kier molecular flexibility index (Phi) is 5.74. The predicted molar refractivity (Wildman–Crippen MR) is 104 cm³/mol. The fourth-order valence-corrected chi connectivity index (χ4v) is 3.54. The summed E-state index contributed by atoms with van der Waals surface area (Å²) in [7, 11) is 0. The van der Waals surface area contributed by atoms with E-state index >= 15 is 0 Å². The molecular weight excluding hydrogens is 348 g/mol. The fraction of sp³-hybridized carbons (Fsp3) is 0.238. The lowest BCUT2D eigenvalue weighted by atomic mass is 9.95. The lowest BCUT2D eigenvalue weighted by Gasteiger charge is -2.28. The van der Waals surface area contributed by atoms with Crippen molar-refractivity contribution >= 4 is 34.0 Å². The molecule has 3 rings (SSSR count). The molecule has 0 unspecified atom stereocenters. The van der Waals surface area contributed by atoms with E-state index < -0.39 is 5.91 Å². The standard InChI is InChI=1S/C21H21ClN2O2/c22-19(15-9-3-1-4-10-15)18(21(26)24-13-7-2-8-14-24)16-11-5-6-12-17(16)20(23)25/h1,3-6,9-12H,2,7-8,13-14H2,(H2,23,25). The normalized spacial score (nSPS) is 15.3. The second-order valence-electron chi connectivity index (χ2n) is 6.32. The van der Waals surface area contributed by atoms with Crippen LogP contribution in [0.1, 0.15) is 40.7 Å². The summed E-state index contributed by atoms with van der Waals surface area (Å²) < 4.78 is 0. The van der Waals surface area contributed by atoms with Gasteiger partial charge in [0.1, 0.15) is 0 Å². The number of amides is 2. The molecule has 0 aromatic heterocycles. The third-order valence-corrected chi connectivity index (χ3v) is 4.97. The molecule has 1 aliphatic heterocycles. The average molecular weight is 369 g/mol. The van der Waals surface area contributed by atoms with Crippen molar-refractivity contribution in [2.24, 2.45) is 5.73 Å². The molecule has 134 valence electrons. The summed E-state index contributed by atoms with van der Waals surface area (Å²) in [6.45, 7) is 1.39. The van der Waals surface area contributed by atoms with E-state index in [-0.39, 0.29) is 5.91 Å². The van der Waals surface area contributed by atoms with Crippen LogP contribution in [-0.2, 0) is 4.79 Å². The number of hydrogen-bond acceptors (Lipinski definition) is 2. The van der Waals surface area contributed by atoms with Gasteiger partial charge in [-0.25, -0.2) is 0 Å². The summed E-state index contributed by atoms with van der Waals surface area (Å²) in [4.78, 5) is 27.0. The van der Waals surface area contributed by atoms with Crippen molar-refractivity contribution < 1.29 is 9.59 Å². The maximum absolute atomic E-state index is 13.3. The highest BCUT2D eigenvalue weighted by Crippen LogP contribution is 2.33. The Balaban J connectivity index is 2.17. The van der Waals surface area contributed by atoms with Crippen LogP contribution in [-0.4, -0.2) is 29.8 Å². The second-order valence-corrected chi connectivity index (χ2v) is 6.70. The lowest BCUT2D eigenvalue weighted by Crippen LogP contribution is -2.36. The molecule has 0 atom stereocenters. The van der Waals surface area contributed by atoms with Crippen molar-refractivity contribution in [3.8, 4) is 0 Å². The van der Waals surface area contributed by atoms with Gasteiger partial charge in [-0.15, -0.1) is 0 Å². The molecule has 4 nitrogen and oxygen atoms in total. The van der Waals surface area contributed by atoms with Gasteiger partial charge >= 0.3 is 0 Å². The van der Waals surface area contributed by atoms with Crippen LogP contribution >= 0.6 is 11.6 Å². The van der Waals surface area contributed by atoms with Gasteiger partial charge in [0.15, 0.2) is 0 Å². The van der Waals surface area contributed by atoms with Gasteiger partial charge in [-0.2, -0.15) is 0 Å². The maximum Gasteiger partial charge on any atom is 0.256 e. The number of benzene rings is 2. The topological polar surface area (TPSA) is 63.4 Å². The summed E-state index contributed by atoms with van der Waals surface area (Å²) >= 11 is 6.68. The van der Waals surface area contributed by atoms with Gasteiger partial charge in [0.25, 0.3) is 5.91 Å². The third kappa shape index (κ3) is 3.81. The first-order valence-electron chi connectivity index (χ1n) is 8.73. The van der Waals surface area contributed by atoms with E-state index in [1.807, 2.05) is 35.2 Å². The first-order chi connectivity index (χ1) is 12.6. The van der Waals surface area contributed by atoms with Crippen molar-refractivity contribution in [2.45, 2.75) is 19.3 Å². The Morgan fingerprint density at radius 3 is 2.04 bits per heavy atom. The molecule has 2 N–H and O–H groups in total. The largest absolute Gasteiger partial charge is 0.366 e. The highest BCUT2D eigenvalue weighted by atomic mass is 35.5. The van der Waals surface area contributed by atoms with Crippen LogP contribution in [0.2, 0.25) is 0 Å². The number of piperidine rings is 1. The molecule has 0 spiro atoms. The van der Waals surface area contributed by atoms with Crippen LogP contribution in [0.25, 0.3) is 10.6 Å². The molecule has 2 amide bonds. The van der Waals surface area contributed by atoms with Crippen molar-refractivity contribution in [3.05, 3.63) is 71.3 Å². The Hall–Kier alpha value is -2.59. The minimum Gasteiger partial charge on any atom is -0.366 e. The van der Waals surface area contributed by atoms with Crippen LogP contribution in [0, 0.1) is 0 Å². The highest BCUT2D eigenvalue weighted by Gasteiger charge is 2.27. The fourth-order valence-electron chi connectivity index (χ4n) is 3.23. The minimum atomic E-state index is -0.581. The summed E-state index contributed by atoms with van der Waals surface area (Å²) in [6, 6.07) is 16.2. The lowest BCUT2D eigenvalue weighted by molar-refractivity contribution is -0.125. The number of primary amides is 1. The first kappa shape index (κ1) is 18.2. The smallest absolute Gasteiger partial charge is 0.256 e. The van der Waals surface area contributed by atoms with E-state index in [1.165, 1.54) is 0 Å². The van der Waals surface area contributed by atoms with Gasteiger partial charge in [0, 0.05) is 24.2 Å². The maximum atomic E-state index is 13.3. The Morgan fingerprint density at radius 1 is 0.846 bits per heavy atom. The van der Waals surface area contributed by atoms with Crippen LogP contribution in [0.15, 0.2) is 54.6 Å². The molecule has 0 aliphatic carbocycles. The number of likely N-dealkylation sites (tertiary alicyclic amines) is 1. The molecule has 1 saturated heterocycles. The molecule has 2 aromatic carbocycles. The molecular formula is C21H21ClN2O2. The van der Waals surface area contributed by atoms with Crippen molar-refractivity contribution in [2.75, 3.05) is 13.1 Å². The van der Waals surface area contributed by atoms with Crippen LogP contribution < -0.4 is 5.73 Å². The monoisotopic (exact) mass is 368 g/mol. The van der Waals surface area contributed by atoms with Gasteiger partial charge in [0.2, 0.25) is 5.91 Å². The molecule has 1 fully saturated rings. The minimum absolute atomic E-state index is 0.160. The Morgan fingerprint density at radius 2 is 1.42 bits per heavy atom. The third-order valence-electron chi connectivity index (χ3n) is 4.57. The van der Waals surface area contributed by atoms with Gasteiger partial charge < -0.3 is 10.6 Å². The predicted octanol–water partition coefficient (Wildman–Crippen LogP) is 3.91. The molecule has 0 radical (unpaired) electrons. The van der Waals surface area contributed by atoms with E-state index in [4.69, 9.17) is 17.3 Å². The van der Waals surface area contributed by atoms with Crippen molar-refractivity contribution in [1.82, 2.24) is 4.90 Å². The van der Waals surface area contributed by atoms with Gasteiger partial charge in [-0.3, -0.25) is 9.59 Å². The molecule has 1 aliphatic rings. The van der Waals surface area contributed by atoms with Crippen LogP contribution in [0.5, 0.6) is 0 Å². The quantitative estimate of drug-likeness (QED) is 0.657. The zero-order valence-corrected chi connectivity index (χ0v) is 15.2. The first-order valence-corrected chi connectivity index (χ1v) is 9.11. The second kappa shape index (κ2) is 8.19.